The zero-order valence-corrected chi connectivity index (χ0v) is 17.2. The molecule has 3 heterocycles. The molecule has 0 unspecified atom stereocenters. The summed E-state index contributed by atoms with van der Waals surface area (Å²) in [5.41, 5.74) is 4.48. The minimum absolute atomic E-state index is 0. The number of benzene rings is 2. The van der Waals surface area contributed by atoms with Gasteiger partial charge in [0.05, 0.1) is 11.4 Å². The Morgan fingerprint density at radius 2 is 1.64 bits per heavy atom. The molecule has 0 saturated carbocycles. The molecule has 1 saturated heterocycles. The maximum Gasteiger partial charge on any atom is 0.145 e. The number of rotatable bonds is 3. The van der Waals surface area contributed by atoms with Gasteiger partial charge in [-0.05, 0) is 49.5 Å². The van der Waals surface area contributed by atoms with Crippen molar-refractivity contribution in [3.05, 3.63) is 71.5 Å². The largest absolute Gasteiger partial charge is 0.302 e. The molecule has 28 heavy (non-hydrogen) atoms. The first kappa shape index (κ1) is 19.3. The van der Waals surface area contributed by atoms with E-state index in [0.29, 0.717) is 0 Å². The van der Waals surface area contributed by atoms with E-state index in [1.165, 1.54) is 48.8 Å². The molecule has 2 aromatic heterocycles. The topological polar surface area (TPSA) is 20.5 Å². The van der Waals surface area contributed by atoms with E-state index >= 15 is 0 Å². The van der Waals surface area contributed by atoms with Gasteiger partial charge < -0.3 is 4.40 Å². The van der Waals surface area contributed by atoms with Crippen LogP contribution in [0.4, 0.5) is 0 Å². The summed E-state index contributed by atoms with van der Waals surface area (Å²) >= 11 is 6.12. The lowest BCUT2D eigenvalue weighted by atomic mass is 10.1. The molecule has 1 aliphatic heterocycles. The molecule has 1 aliphatic rings. The molecular weight excluding hydrogens is 389 g/mol. The quantitative estimate of drug-likeness (QED) is 0.399. The van der Waals surface area contributed by atoms with Crippen LogP contribution in [0.1, 0.15) is 25.0 Å². The fourth-order valence-electron chi connectivity index (χ4n) is 4.14. The van der Waals surface area contributed by atoms with E-state index in [1.807, 2.05) is 12.1 Å². The smallest absolute Gasteiger partial charge is 0.145 e. The monoisotopic (exact) mass is 411 g/mol. The van der Waals surface area contributed by atoms with Crippen molar-refractivity contribution in [2.24, 2.45) is 0 Å². The zero-order chi connectivity index (χ0) is 18.2. The van der Waals surface area contributed by atoms with Crippen LogP contribution in [0.5, 0.6) is 0 Å². The Morgan fingerprint density at radius 1 is 0.893 bits per heavy atom. The minimum atomic E-state index is 0. The second kappa shape index (κ2) is 8.12. The van der Waals surface area contributed by atoms with Crippen LogP contribution in [0.25, 0.3) is 27.7 Å². The Hall–Kier alpha value is -2.07. The highest BCUT2D eigenvalue weighted by molar-refractivity contribution is 6.30. The first-order valence-corrected chi connectivity index (χ1v) is 10.0. The summed E-state index contributed by atoms with van der Waals surface area (Å²) in [6.07, 6.45) is 6.09. The lowest BCUT2D eigenvalue weighted by molar-refractivity contribution is 0.218. The molecule has 0 atom stereocenters. The number of pyridine rings is 1. The minimum Gasteiger partial charge on any atom is -0.302 e. The summed E-state index contributed by atoms with van der Waals surface area (Å²) in [7, 11) is 0. The van der Waals surface area contributed by atoms with Gasteiger partial charge >= 0.3 is 0 Å². The average molecular weight is 412 g/mol. The number of hydrogen-bond donors (Lipinski definition) is 0. The van der Waals surface area contributed by atoms with Crippen LogP contribution in [0, 0.1) is 0 Å². The number of aromatic nitrogens is 2. The number of likely N-dealkylation sites (tertiary alicyclic amines) is 1. The highest BCUT2D eigenvalue weighted by atomic mass is 35.5. The Bertz CT molecular complexity index is 1100. The molecule has 5 heteroatoms. The Kier molecular flexibility index (Phi) is 5.58. The van der Waals surface area contributed by atoms with E-state index in [2.05, 4.69) is 58.0 Å². The summed E-state index contributed by atoms with van der Waals surface area (Å²) in [5, 5.41) is 3.17. The number of nitrogens with zero attached hydrogens (tertiary/aromatic N) is 3. The number of halogens is 2. The van der Waals surface area contributed by atoms with Gasteiger partial charge in [-0.3, -0.25) is 4.90 Å². The zero-order valence-electron chi connectivity index (χ0n) is 15.6. The standard InChI is InChI=1S/C23H22ClN3.ClH/c24-19-10-8-18(9-11-19)22-21(16-26-13-4-1-5-14-26)27-15-12-17-6-2-3-7-20(17)23(27)25-22;/h2-3,6-12,15H,1,4-5,13-14,16H2;1H. The highest BCUT2D eigenvalue weighted by Gasteiger charge is 2.19. The molecule has 1 fully saturated rings. The Balaban J connectivity index is 0.00000192. The molecule has 0 N–H and O–H groups in total. The van der Waals surface area contributed by atoms with Gasteiger partial charge in [0.2, 0.25) is 0 Å². The third kappa shape index (κ3) is 3.50. The van der Waals surface area contributed by atoms with E-state index in [4.69, 9.17) is 16.6 Å². The van der Waals surface area contributed by atoms with Gasteiger partial charge in [-0.15, -0.1) is 12.4 Å². The fraction of sp³-hybridized carbons (Fsp3) is 0.261. The van der Waals surface area contributed by atoms with Crippen LogP contribution in [0.2, 0.25) is 5.02 Å². The summed E-state index contributed by atoms with van der Waals surface area (Å²) in [5.74, 6) is 0. The van der Waals surface area contributed by atoms with Gasteiger partial charge in [0, 0.05) is 28.7 Å². The van der Waals surface area contributed by atoms with Crippen molar-refractivity contribution in [3.63, 3.8) is 0 Å². The molecule has 4 aromatic rings. The molecule has 144 valence electrons. The normalized spacial score (nSPS) is 15.0. The van der Waals surface area contributed by atoms with Crippen molar-refractivity contribution in [1.82, 2.24) is 14.3 Å². The molecule has 0 amide bonds. The lowest BCUT2D eigenvalue weighted by Gasteiger charge is -2.26. The predicted octanol–water partition coefficient (Wildman–Crippen LogP) is 6.22. The van der Waals surface area contributed by atoms with E-state index in [1.54, 1.807) is 0 Å². The Morgan fingerprint density at radius 3 is 2.43 bits per heavy atom. The summed E-state index contributed by atoms with van der Waals surface area (Å²) < 4.78 is 2.28. The molecule has 0 spiro atoms. The number of fused-ring (bicyclic) bond motifs is 3. The number of hydrogen-bond acceptors (Lipinski definition) is 2. The van der Waals surface area contributed by atoms with Crippen molar-refractivity contribution in [1.29, 1.82) is 0 Å². The van der Waals surface area contributed by atoms with Gasteiger partial charge in [-0.2, -0.15) is 0 Å². The van der Waals surface area contributed by atoms with Gasteiger partial charge in [0.15, 0.2) is 0 Å². The molecule has 0 aliphatic carbocycles. The van der Waals surface area contributed by atoms with E-state index < -0.39 is 0 Å². The maximum absolute atomic E-state index is 6.12. The van der Waals surface area contributed by atoms with Gasteiger partial charge in [0.1, 0.15) is 5.65 Å². The van der Waals surface area contributed by atoms with Crippen molar-refractivity contribution < 1.29 is 0 Å². The number of imidazole rings is 1. The summed E-state index contributed by atoms with van der Waals surface area (Å²) in [6.45, 7) is 3.26. The Labute approximate surface area is 176 Å². The first-order chi connectivity index (χ1) is 13.3. The van der Waals surface area contributed by atoms with E-state index in [9.17, 15) is 0 Å². The molecular formula is C23H23Cl2N3. The first-order valence-electron chi connectivity index (χ1n) is 9.66. The van der Waals surface area contributed by atoms with Gasteiger partial charge in [-0.25, -0.2) is 4.98 Å². The van der Waals surface area contributed by atoms with Crippen molar-refractivity contribution >= 4 is 40.4 Å². The molecule has 0 bridgehead atoms. The third-order valence-electron chi connectivity index (χ3n) is 5.55. The van der Waals surface area contributed by atoms with Crippen LogP contribution >= 0.6 is 24.0 Å². The lowest BCUT2D eigenvalue weighted by Crippen LogP contribution is -2.29. The molecule has 2 aromatic carbocycles. The summed E-state index contributed by atoms with van der Waals surface area (Å²) in [4.78, 5) is 7.66. The van der Waals surface area contributed by atoms with Crippen LogP contribution < -0.4 is 0 Å². The van der Waals surface area contributed by atoms with Crippen LogP contribution in [0.3, 0.4) is 0 Å². The predicted molar refractivity (Wildman–Crippen MR) is 120 cm³/mol. The summed E-state index contributed by atoms with van der Waals surface area (Å²) in [6, 6.07) is 18.7. The molecule has 5 rings (SSSR count). The fourth-order valence-corrected chi connectivity index (χ4v) is 4.26. The molecule has 3 nitrogen and oxygen atoms in total. The second-order valence-electron chi connectivity index (χ2n) is 7.35. The van der Waals surface area contributed by atoms with Crippen LogP contribution in [-0.2, 0) is 6.54 Å². The highest BCUT2D eigenvalue weighted by Crippen LogP contribution is 2.30. The van der Waals surface area contributed by atoms with Gasteiger partial charge in [0.25, 0.3) is 0 Å². The second-order valence-corrected chi connectivity index (χ2v) is 7.78. The molecule has 0 radical (unpaired) electrons. The third-order valence-corrected chi connectivity index (χ3v) is 5.81. The average Bonchev–Trinajstić information content (AvgIpc) is 3.08. The van der Waals surface area contributed by atoms with E-state index in [0.717, 1.165) is 28.5 Å². The van der Waals surface area contributed by atoms with Gasteiger partial charge in [-0.1, -0.05) is 54.4 Å². The maximum atomic E-state index is 6.12. The van der Waals surface area contributed by atoms with Crippen LogP contribution in [0.15, 0.2) is 60.8 Å². The van der Waals surface area contributed by atoms with Crippen LogP contribution in [-0.4, -0.2) is 27.4 Å². The van der Waals surface area contributed by atoms with Crippen molar-refractivity contribution in [3.8, 4) is 11.3 Å². The van der Waals surface area contributed by atoms with Crippen molar-refractivity contribution in [2.45, 2.75) is 25.8 Å². The van der Waals surface area contributed by atoms with Crippen molar-refractivity contribution in [2.75, 3.05) is 13.1 Å². The van der Waals surface area contributed by atoms with E-state index in [-0.39, 0.29) is 12.4 Å². The number of piperidine rings is 1. The SMILES string of the molecule is Cl.Clc1ccc(-c2nc3c4ccccc4ccn3c2CN2CCCCC2)cc1.